The van der Waals surface area contributed by atoms with E-state index in [1.807, 2.05) is 63.2 Å². The minimum atomic E-state index is -0.537. The molecule has 0 spiro atoms. The van der Waals surface area contributed by atoms with Gasteiger partial charge in [-0.1, -0.05) is 84.5 Å². The number of carbonyl (C=O) groups excluding carboxylic acids is 2. The summed E-state index contributed by atoms with van der Waals surface area (Å²) < 4.78 is 0.589. The lowest BCUT2D eigenvalue weighted by Crippen LogP contribution is -2.42. The molecule has 1 aliphatic carbocycles. The Bertz CT molecular complexity index is 1660. The predicted octanol–water partition coefficient (Wildman–Crippen LogP) is 6.14. The molecule has 2 heterocycles. The lowest BCUT2D eigenvalue weighted by atomic mass is 9.68. The molecule has 5 rings (SSSR count). The van der Waals surface area contributed by atoms with Crippen LogP contribution in [0.15, 0.2) is 69.5 Å². The number of nitrogens with two attached hydrogens (primary N) is 1. The van der Waals surface area contributed by atoms with Crippen molar-refractivity contribution in [1.82, 2.24) is 10.2 Å². The summed E-state index contributed by atoms with van der Waals surface area (Å²) in [5.41, 5.74) is 12.9. The van der Waals surface area contributed by atoms with Crippen LogP contribution in [0.2, 0.25) is 0 Å². The van der Waals surface area contributed by atoms with Crippen molar-refractivity contribution in [3.63, 3.8) is 0 Å². The van der Waals surface area contributed by atoms with E-state index in [-0.39, 0.29) is 28.7 Å². The van der Waals surface area contributed by atoms with Crippen molar-refractivity contribution in [2.45, 2.75) is 57.7 Å². The number of carbonyl (C=O) groups is 2. The summed E-state index contributed by atoms with van der Waals surface area (Å²) in [6, 6.07) is 16.1. The van der Waals surface area contributed by atoms with Crippen molar-refractivity contribution in [3.05, 3.63) is 87.4 Å². The van der Waals surface area contributed by atoms with E-state index in [1.165, 1.54) is 23.1 Å². The minimum absolute atomic E-state index is 0.00944. The van der Waals surface area contributed by atoms with Gasteiger partial charge in [-0.25, -0.2) is 0 Å². The maximum Gasteiger partial charge on any atom is 0.234 e. The van der Waals surface area contributed by atoms with Gasteiger partial charge in [0.25, 0.3) is 0 Å². The number of aryl methyl sites for hydroxylation is 3. The fraction of sp³-hybridized carbons (Fsp3) is 0.323. The van der Waals surface area contributed by atoms with Crippen LogP contribution in [0.1, 0.15) is 54.9 Å². The number of amides is 1. The molecule has 1 atom stereocenters. The summed E-state index contributed by atoms with van der Waals surface area (Å²) >= 11 is 2.56. The van der Waals surface area contributed by atoms with Crippen molar-refractivity contribution in [1.29, 1.82) is 5.26 Å². The number of nitriles is 1. The summed E-state index contributed by atoms with van der Waals surface area (Å²) in [6.07, 6.45) is 0.976. The summed E-state index contributed by atoms with van der Waals surface area (Å²) in [5.74, 6) is -0.260. The van der Waals surface area contributed by atoms with Gasteiger partial charge in [-0.2, -0.15) is 5.26 Å². The molecule has 2 aromatic carbocycles. The van der Waals surface area contributed by atoms with Crippen LogP contribution in [0.3, 0.4) is 0 Å². The summed E-state index contributed by atoms with van der Waals surface area (Å²) in [7, 11) is 0. The van der Waals surface area contributed by atoms with Crippen LogP contribution in [0, 0.1) is 37.5 Å². The molecule has 41 heavy (non-hydrogen) atoms. The molecule has 0 saturated heterocycles. The zero-order valence-electron chi connectivity index (χ0n) is 23.7. The van der Waals surface area contributed by atoms with Crippen molar-refractivity contribution >= 4 is 45.6 Å². The molecule has 1 amide bonds. The fourth-order valence-corrected chi connectivity index (χ4v) is 7.21. The zero-order valence-corrected chi connectivity index (χ0v) is 25.4. The molecule has 0 bridgehead atoms. The van der Waals surface area contributed by atoms with Gasteiger partial charge in [0.2, 0.25) is 11.0 Å². The molecular weight excluding hydrogens is 553 g/mol. The Morgan fingerprint density at radius 2 is 1.93 bits per heavy atom. The molecule has 1 aromatic heterocycles. The Kier molecular flexibility index (Phi) is 7.77. The van der Waals surface area contributed by atoms with E-state index in [0.717, 1.165) is 33.6 Å². The summed E-state index contributed by atoms with van der Waals surface area (Å²) in [5, 5.41) is 22.4. The van der Waals surface area contributed by atoms with Crippen molar-refractivity contribution in [2.24, 2.45) is 11.1 Å². The highest BCUT2D eigenvalue weighted by atomic mass is 32.2. The second-order valence-corrected chi connectivity index (χ2v) is 13.6. The first kappa shape index (κ1) is 28.6. The Hall–Kier alpha value is -3.94. The van der Waals surface area contributed by atoms with Crippen molar-refractivity contribution in [3.8, 4) is 6.07 Å². The quantitative estimate of drug-likeness (QED) is 0.331. The topological polar surface area (TPSA) is 125 Å². The van der Waals surface area contributed by atoms with Crippen LogP contribution in [-0.4, -0.2) is 27.6 Å². The highest BCUT2D eigenvalue weighted by Crippen LogP contribution is 2.50. The van der Waals surface area contributed by atoms with Gasteiger partial charge in [0.05, 0.1) is 23.3 Å². The van der Waals surface area contributed by atoms with Crippen LogP contribution >= 0.6 is 23.1 Å². The van der Waals surface area contributed by atoms with E-state index in [4.69, 9.17) is 5.73 Å². The van der Waals surface area contributed by atoms with Gasteiger partial charge in [-0.05, 0) is 49.8 Å². The van der Waals surface area contributed by atoms with Crippen LogP contribution in [0.25, 0.3) is 0 Å². The normalized spacial score (nSPS) is 18.3. The molecule has 8 nitrogen and oxygen atoms in total. The molecule has 3 N–H and O–H groups in total. The molecule has 0 radical (unpaired) electrons. The van der Waals surface area contributed by atoms with Gasteiger partial charge in [0.15, 0.2) is 10.1 Å². The third-order valence-corrected chi connectivity index (χ3v) is 9.37. The van der Waals surface area contributed by atoms with Crippen molar-refractivity contribution < 1.29 is 9.59 Å². The van der Waals surface area contributed by atoms with Gasteiger partial charge in [0.1, 0.15) is 5.82 Å². The number of allylic oxidation sites excluding steroid dienone is 3. The average molecular weight is 585 g/mol. The lowest BCUT2D eigenvalue weighted by Gasteiger charge is -2.42. The Morgan fingerprint density at radius 3 is 2.63 bits per heavy atom. The van der Waals surface area contributed by atoms with E-state index in [0.29, 0.717) is 33.5 Å². The smallest absolute Gasteiger partial charge is 0.234 e. The standard InChI is InChI=1S/C31H32N6O2S2/c1-17-7-6-8-20(12-17)26-21(15-32)28(33)37(23-13-31(4,5)14-24(38)27(23)26)29-35-36-30(41-29)40-16-25(39)34-22-10-9-18(2)11-19(22)3/h6-12,26H,13-14,16,33H2,1-5H3,(H,34,39). The Balaban J connectivity index is 1.46. The molecular formula is C31H32N6O2S2. The van der Waals surface area contributed by atoms with Crippen LogP contribution < -0.4 is 16.0 Å². The number of hydrogen-bond donors (Lipinski definition) is 2. The lowest BCUT2D eigenvalue weighted by molar-refractivity contribution is -0.118. The second kappa shape index (κ2) is 11.1. The first-order valence-corrected chi connectivity index (χ1v) is 15.1. The number of ketones is 1. The number of nitrogens with one attached hydrogen (secondary N) is 1. The van der Waals surface area contributed by atoms with E-state index in [2.05, 4.69) is 35.4 Å². The molecule has 1 aliphatic heterocycles. The van der Waals surface area contributed by atoms with Gasteiger partial charge >= 0.3 is 0 Å². The Labute approximate surface area is 248 Å². The number of anilines is 2. The van der Waals surface area contributed by atoms with E-state index in [1.54, 1.807) is 4.90 Å². The molecule has 210 valence electrons. The molecule has 10 heteroatoms. The van der Waals surface area contributed by atoms with Crippen LogP contribution in [0.5, 0.6) is 0 Å². The fourth-order valence-electron chi connectivity index (χ4n) is 5.53. The molecule has 1 unspecified atom stereocenters. The molecule has 2 aliphatic rings. The van der Waals surface area contributed by atoms with Gasteiger partial charge < -0.3 is 11.1 Å². The largest absolute Gasteiger partial charge is 0.384 e. The van der Waals surface area contributed by atoms with E-state index < -0.39 is 5.92 Å². The number of benzene rings is 2. The third-order valence-electron chi connectivity index (χ3n) is 7.33. The second-order valence-electron chi connectivity index (χ2n) is 11.4. The number of thioether (sulfide) groups is 1. The minimum Gasteiger partial charge on any atom is -0.384 e. The SMILES string of the molecule is Cc1cccc(C2C(C#N)=C(N)N(c3nnc(SCC(=O)Nc4ccc(C)cc4C)s3)C3=C2C(=O)CC(C)(C)C3)c1. The maximum atomic E-state index is 13.7. The third kappa shape index (κ3) is 5.78. The predicted molar refractivity (Wildman–Crippen MR) is 163 cm³/mol. The van der Waals surface area contributed by atoms with Gasteiger partial charge in [-0.3, -0.25) is 14.5 Å². The van der Waals surface area contributed by atoms with Crippen molar-refractivity contribution in [2.75, 3.05) is 16.0 Å². The van der Waals surface area contributed by atoms with E-state index >= 15 is 0 Å². The number of hydrogen-bond acceptors (Lipinski definition) is 9. The average Bonchev–Trinajstić information content (AvgIpc) is 3.36. The summed E-state index contributed by atoms with van der Waals surface area (Å²) in [4.78, 5) is 28.1. The first-order valence-electron chi connectivity index (χ1n) is 13.3. The number of aromatic nitrogens is 2. The highest BCUT2D eigenvalue weighted by molar-refractivity contribution is 8.01. The zero-order chi connectivity index (χ0) is 29.5. The van der Waals surface area contributed by atoms with Gasteiger partial charge in [0, 0.05) is 23.4 Å². The first-order chi connectivity index (χ1) is 19.5. The molecule has 0 fully saturated rings. The van der Waals surface area contributed by atoms with Crippen LogP contribution in [-0.2, 0) is 9.59 Å². The van der Waals surface area contributed by atoms with Crippen LogP contribution in [0.4, 0.5) is 10.8 Å². The number of rotatable bonds is 6. The monoisotopic (exact) mass is 584 g/mol. The highest BCUT2D eigenvalue weighted by Gasteiger charge is 2.45. The van der Waals surface area contributed by atoms with E-state index in [9.17, 15) is 14.9 Å². The molecule has 0 saturated carbocycles. The number of Topliss-reactive ketones (excluding diaryl/α,β-unsaturated/α-hetero) is 1. The Morgan fingerprint density at radius 1 is 1.17 bits per heavy atom. The number of nitrogens with zero attached hydrogens (tertiary/aromatic N) is 4. The summed E-state index contributed by atoms with van der Waals surface area (Å²) in [6.45, 7) is 10.1. The molecule has 3 aromatic rings. The van der Waals surface area contributed by atoms with Gasteiger partial charge in [-0.15, -0.1) is 10.2 Å². The maximum absolute atomic E-state index is 13.7.